The van der Waals surface area contributed by atoms with Crippen LogP contribution in [-0.2, 0) is 0 Å². The number of nitrogens with zero attached hydrogens (tertiary/aromatic N) is 1. The van der Waals surface area contributed by atoms with Crippen LogP contribution in [0.4, 0.5) is 5.82 Å². The van der Waals surface area contributed by atoms with Crippen LogP contribution in [0.1, 0.15) is 0 Å². The van der Waals surface area contributed by atoms with E-state index in [1.54, 1.807) is 24.4 Å². The van der Waals surface area contributed by atoms with Crippen LogP contribution in [-0.4, -0.2) is 50.8 Å². The van der Waals surface area contributed by atoms with Gasteiger partial charge in [-0.2, -0.15) is 0 Å². The molecule has 2 rings (SSSR count). The van der Waals surface area contributed by atoms with Gasteiger partial charge >= 0.3 is 0 Å². The first-order valence-electron chi connectivity index (χ1n) is 5.82. The Morgan fingerprint density at radius 3 is 2.37 bits per heavy atom. The van der Waals surface area contributed by atoms with E-state index in [0.717, 1.165) is 5.39 Å². The Labute approximate surface area is 110 Å². The summed E-state index contributed by atoms with van der Waals surface area (Å²) < 4.78 is 0. The van der Waals surface area contributed by atoms with Gasteiger partial charge in [-0.25, -0.2) is 4.98 Å². The van der Waals surface area contributed by atoms with E-state index in [2.05, 4.69) is 10.3 Å². The maximum atomic E-state index is 9.52. The number of aromatic hydroxyl groups is 1. The SMILES string of the molecule is OCC(CO)(CO)Nc1nccc2ccc(O)cc12. The Bertz CT molecular complexity index is 561. The normalized spacial score (nSPS) is 11.7. The van der Waals surface area contributed by atoms with Gasteiger partial charge in [-0.15, -0.1) is 0 Å². The van der Waals surface area contributed by atoms with Crippen molar-refractivity contribution in [2.24, 2.45) is 0 Å². The molecule has 5 N–H and O–H groups in total. The van der Waals surface area contributed by atoms with Crippen molar-refractivity contribution in [3.8, 4) is 5.75 Å². The van der Waals surface area contributed by atoms with Gasteiger partial charge in [-0.1, -0.05) is 6.07 Å². The summed E-state index contributed by atoms with van der Waals surface area (Å²) in [7, 11) is 0. The molecule has 19 heavy (non-hydrogen) atoms. The first-order chi connectivity index (χ1) is 9.14. The quantitative estimate of drug-likeness (QED) is 0.523. The van der Waals surface area contributed by atoms with Crippen molar-refractivity contribution in [2.75, 3.05) is 25.1 Å². The maximum absolute atomic E-state index is 9.52. The number of pyridine rings is 1. The topological polar surface area (TPSA) is 106 Å². The number of aliphatic hydroxyl groups is 3. The fourth-order valence-corrected chi connectivity index (χ4v) is 1.78. The van der Waals surface area contributed by atoms with E-state index in [1.165, 1.54) is 6.07 Å². The highest BCUT2D eigenvalue weighted by molar-refractivity contribution is 5.92. The molecule has 0 saturated carbocycles. The molecule has 0 aliphatic carbocycles. The van der Waals surface area contributed by atoms with Crippen LogP contribution in [0.5, 0.6) is 5.75 Å². The summed E-state index contributed by atoms with van der Waals surface area (Å²) in [6, 6.07) is 6.60. The average molecular weight is 264 g/mol. The molecule has 102 valence electrons. The summed E-state index contributed by atoms with van der Waals surface area (Å²) in [6.45, 7) is -1.34. The second kappa shape index (κ2) is 5.40. The Hall–Kier alpha value is -1.89. The highest BCUT2D eigenvalue weighted by atomic mass is 16.3. The highest BCUT2D eigenvalue weighted by Crippen LogP contribution is 2.26. The number of rotatable bonds is 5. The van der Waals surface area contributed by atoms with Crippen molar-refractivity contribution in [1.82, 2.24) is 4.98 Å². The summed E-state index contributed by atoms with van der Waals surface area (Å²) in [5.41, 5.74) is -1.26. The highest BCUT2D eigenvalue weighted by Gasteiger charge is 2.28. The summed E-state index contributed by atoms with van der Waals surface area (Å²) in [6.07, 6.45) is 1.57. The van der Waals surface area contributed by atoms with Crippen LogP contribution in [0.25, 0.3) is 10.8 Å². The van der Waals surface area contributed by atoms with Crippen molar-refractivity contribution in [3.63, 3.8) is 0 Å². The summed E-state index contributed by atoms with van der Waals surface area (Å²) >= 11 is 0. The van der Waals surface area contributed by atoms with Crippen molar-refractivity contribution in [1.29, 1.82) is 0 Å². The number of phenols is 1. The lowest BCUT2D eigenvalue weighted by atomic mass is 10.0. The lowest BCUT2D eigenvalue weighted by Gasteiger charge is -2.29. The molecule has 0 aliphatic heterocycles. The molecule has 0 saturated heterocycles. The van der Waals surface area contributed by atoms with Crippen LogP contribution < -0.4 is 5.32 Å². The molecule has 0 bridgehead atoms. The molecular formula is C13H16N2O4. The second-order valence-corrected chi connectivity index (χ2v) is 4.44. The van der Waals surface area contributed by atoms with Crippen molar-refractivity contribution >= 4 is 16.6 Å². The minimum atomic E-state index is -1.26. The zero-order valence-corrected chi connectivity index (χ0v) is 10.2. The number of aromatic nitrogens is 1. The van der Waals surface area contributed by atoms with Crippen molar-refractivity contribution in [2.45, 2.75) is 5.54 Å². The van der Waals surface area contributed by atoms with Gasteiger partial charge in [0.25, 0.3) is 0 Å². The minimum Gasteiger partial charge on any atom is -0.508 e. The standard InChI is InChI=1S/C13H16N2O4/c16-6-13(7-17,8-18)15-12-11-5-10(19)2-1-9(11)3-4-14-12/h1-5,16-19H,6-8H2,(H,14,15). The number of benzene rings is 1. The number of hydrogen-bond acceptors (Lipinski definition) is 6. The summed E-state index contributed by atoms with van der Waals surface area (Å²) in [5.74, 6) is 0.469. The molecular weight excluding hydrogens is 248 g/mol. The van der Waals surface area contributed by atoms with Crippen LogP contribution in [0.15, 0.2) is 30.5 Å². The van der Waals surface area contributed by atoms with Gasteiger partial charge in [0, 0.05) is 11.6 Å². The third kappa shape index (κ3) is 2.60. The van der Waals surface area contributed by atoms with Crippen LogP contribution in [0.2, 0.25) is 0 Å². The molecule has 6 nitrogen and oxygen atoms in total. The third-order valence-electron chi connectivity index (χ3n) is 3.04. The largest absolute Gasteiger partial charge is 0.508 e. The number of nitrogens with one attached hydrogen (secondary N) is 1. The van der Waals surface area contributed by atoms with E-state index < -0.39 is 25.4 Å². The molecule has 1 aromatic carbocycles. The molecule has 0 unspecified atom stereocenters. The van der Waals surface area contributed by atoms with Crippen molar-refractivity contribution in [3.05, 3.63) is 30.5 Å². The average Bonchev–Trinajstić information content (AvgIpc) is 2.45. The third-order valence-corrected chi connectivity index (χ3v) is 3.04. The minimum absolute atomic E-state index is 0.0890. The zero-order valence-electron chi connectivity index (χ0n) is 10.2. The monoisotopic (exact) mass is 264 g/mol. The van der Waals surface area contributed by atoms with Gasteiger partial charge in [0.1, 0.15) is 17.1 Å². The Balaban J connectivity index is 2.47. The van der Waals surface area contributed by atoms with Crippen molar-refractivity contribution < 1.29 is 20.4 Å². The summed E-state index contributed by atoms with van der Waals surface area (Å²) in [5, 5.41) is 41.8. The van der Waals surface area contributed by atoms with Gasteiger partial charge in [0.2, 0.25) is 0 Å². The zero-order chi connectivity index (χ0) is 13.9. The molecule has 0 amide bonds. The Morgan fingerprint density at radius 2 is 1.74 bits per heavy atom. The van der Waals surface area contributed by atoms with E-state index in [4.69, 9.17) is 0 Å². The number of fused-ring (bicyclic) bond motifs is 1. The van der Waals surface area contributed by atoms with Crippen LogP contribution >= 0.6 is 0 Å². The molecule has 0 radical (unpaired) electrons. The number of phenolic OH excluding ortho intramolecular Hbond substituents is 1. The molecule has 0 spiro atoms. The first-order valence-corrected chi connectivity index (χ1v) is 5.82. The molecule has 0 atom stereocenters. The molecule has 2 aromatic rings. The van der Waals surface area contributed by atoms with Gasteiger partial charge in [-0.3, -0.25) is 0 Å². The van der Waals surface area contributed by atoms with Crippen LogP contribution in [0.3, 0.4) is 0 Å². The fraction of sp³-hybridized carbons (Fsp3) is 0.308. The Kier molecular flexibility index (Phi) is 3.84. The fourth-order valence-electron chi connectivity index (χ4n) is 1.78. The van der Waals surface area contributed by atoms with E-state index >= 15 is 0 Å². The molecule has 0 aliphatic rings. The lowest BCUT2D eigenvalue weighted by Crippen LogP contribution is -2.49. The Morgan fingerprint density at radius 1 is 1.05 bits per heavy atom. The molecule has 1 aromatic heterocycles. The molecule has 0 fully saturated rings. The summed E-state index contributed by atoms with van der Waals surface area (Å²) in [4.78, 5) is 4.12. The van der Waals surface area contributed by atoms with E-state index in [0.29, 0.717) is 11.2 Å². The lowest BCUT2D eigenvalue weighted by molar-refractivity contribution is 0.0832. The molecule has 1 heterocycles. The van der Waals surface area contributed by atoms with Gasteiger partial charge in [0.15, 0.2) is 0 Å². The predicted molar refractivity (Wildman–Crippen MR) is 71.0 cm³/mol. The number of anilines is 1. The van der Waals surface area contributed by atoms with E-state index in [9.17, 15) is 20.4 Å². The second-order valence-electron chi connectivity index (χ2n) is 4.44. The van der Waals surface area contributed by atoms with Crippen LogP contribution in [0, 0.1) is 0 Å². The maximum Gasteiger partial charge on any atom is 0.134 e. The van der Waals surface area contributed by atoms with E-state index in [1.807, 2.05) is 0 Å². The van der Waals surface area contributed by atoms with Gasteiger partial charge in [-0.05, 0) is 23.6 Å². The van der Waals surface area contributed by atoms with E-state index in [-0.39, 0.29) is 5.75 Å². The number of aliphatic hydroxyl groups excluding tert-OH is 3. The van der Waals surface area contributed by atoms with Gasteiger partial charge < -0.3 is 25.7 Å². The first kappa shape index (κ1) is 13.5. The van der Waals surface area contributed by atoms with Gasteiger partial charge in [0.05, 0.1) is 19.8 Å². The number of hydrogen-bond donors (Lipinski definition) is 5. The molecule has 6 heteroatoms. The predicted octanol–water partition coefficient (Wildman–Crippen LogP) is 0.0680. The smallest absolute Gasteiger partial charge is 0.134 e.